The Morgan fingerprint density at radius 1 is 1.03 bits per heavy atom. The van der Waals surface area contributed by atoms with Crippen LogP contribution in [0.15, 0.2) is 24.3 Å². The van der Waals surface area contributed by atoms with Crippen molar-refractivity contribution in [3.8, 4) is 0 Å². The molecular formula is C22H33N3O4S. The lowest BCUT2D eigenvalue weighted by Crippen LogP contribution is -2.47. The lowest BCUT2D eigenvalue weighted by Gasteiger charge is -2.36. The molecular weight excluding hydrogens is 402 g/mol. The van der Waals surface area contributed by atoms with E-state index in [4.69, 9.17) is 4.74 Å². The molecule has 0 bridgehead atoms. The molecule has 1 aromatic carbocycles. The first-order valence-electron chi connectivity index (χ1n) is 11.0. The molecule has 3 fully saturated rings. The van der Waals surface area contributed by atoms with E-state index in [9.17, 15) is 13.2 Å². The van der Waals surface area contributed by atoms with Crippen LogP contribution in [-0.2, 0) is 19.6 Å². The number of nitrogens with zero attached hydrogens (tertiary/aromatic N) is 3. The zero-order valence-corrected chi connectivity index (χ0v) is 18.9. The zero-order chi connectivity index (χ0) is 21.4. The van der Waals surface area contributed by atoms with Gasteiger partial charge < -0.3 is 9.64 Å². The van der Waals surface area contributed by atoms with Crippen LogP contribution in [0.4, 0.5) is 5.69 Å². The fourth-order valence-corrected chi connectivity index (χ4v) is 5.81. The summed E-state index contributed by atoms with van der Waals surface area (Å²) in [5, 5.41) is 0. The van der Waals surface area contributed by atoms with E-state index in [1.54, 1.807) is 0 Å². The summed E-state index contributed by atoms with van der Waals surface area (Å²) in [4.78, 5) is 17.5. The highest BCUT2D eigenvalue weighted by molar-refractivity contribution is 7.88. The molecule has 166 valence electrons. The lowest BCUT2D eigenvalue weighted by molar-refractivity contribution is -0.150. The molecule has 0 aromatic heterocycles. The number of cyclic esters (lactones) is 1. The smallest absolute Gasteiger partial charge is 0.312 e. The molecule has 3 saturated heterocycles. The van der Waals surface area contributed by atoms with E-state index in [1.165, 1.54) is 21.8 Å². The van der Waals surface area contributed by atoms with Crippen molar-refractivity contribution in [1.82, 2.24) is 9.21 Å². The number of hydrogen-bond donors (Lipinski definition) is 0. The van der Waals surface area contributed by atoms with Gasteiger partial charge in [0.1, 0.15) is 6.10 Å². The van der Waals surface area contributed by atoms with Crippen LogP contribution >= 0.6 is 0 Å². The number of aryl methyl sites for hydroxylation is 1. The van der Waals surface area contributed by atoms with Gasteiger partial charge in [-0.25, -0.2) is 12.7 Å². The Kier molecular flexibility index (Phi) is 6.10. The molecule has 7 nitrogen and oxygen atoms in total. The Morgan fingerprint density at radius 3 is 2.27 bits per heavy atom. The van der Waals surface area contributed by atoms with E-state index >= 15 is 0 Å². The standard InChI is InChI=1S/C22H33N3O4S/c1-18-3-5-19(6-4-18)24-15-13-23(14-16-24)10-7-20-17-22(21(26)29-20)8-11-25(12-9-22)30(2,27)28/h3-6,20H,7-17H2,1-2H3. The monoisotopic (exact) mass is 435 g/mol. The first kappa shape index (κ1) is 21.6. The third-order valence-electron chi connectivity index (χ3n) is 7.01. The van der Waals surface area contributed by atoms with Crippen LogP contribution in [0.5, 0.6) is 0 Å². The predicted octanol–water partition coefficient (Wildman–Crippen LogP) is 1.86. The van der Waals surface area contributed by atoms with Gasteiger partial charge in [0.25, 0.3) is 0 Å². The Hall–Kier alpha value is -1.64. The van der Waals surface area contributed by atoms with Crippen LogP contribution in [0, 0.1) is 12.3 Å². The second-order valence-corrected chi connectivity index (χ2v) is 11.1. The number of piperazine rings is 1. The zero-order valence-electron chi connectivity index (χ0n) is 18.0. The quantitative estimate of drug-likeness (QED) is 0.658. The van der Waals surface area contributed by atoms with Gasteiger partial charge in [0.2, 0.25) is 10.0 Å². The third-order valence-corrected chi connectivity index (χ3v) is 8.32. The van der Waals surface area contributed by atoms with Crippen molar-refractivity contribution in [3.63, 3.8) is 0 Å². The van der Waals surface area contributed by atoms with Gasteiger partial charge in [-0.3, -0.25) is 9.69 Å². The Morgan fingerprint density at radius 2 is 1.67 bits per heavy atom. The summed E-state index contributed by atoms with van der Waals surface area (Å²) in [5.41, 5.74) is 2.09. The first-order chi connectivity index (χ1) is 14.2. The summed E-state index contributed by atoms with van der Waals surface area (Å²) in [6.07, 6.45) is 3.92. The highest BCUT2D eigenvalue weighted by atomic mass is 32.2. The molecule has 4 rings (SSSR count). The van der Waals surface area contributed by atoms with Gasteiger partial charge in [0, 0.05) is 57.9 Å². The third kappa shape index (κ3) is 4.65. The number of carbonyl (C=O) groups excluding carboxylic acids is 1. The van der Waals surface area contributed by atoms with Gasteiger partial charge >= 0.3 is 5.97 Å². The van der Waals surface area contributed by atoms with E-state index in [2.05, 4.69) is 41.0 Å². The molecule has 1 atom stereocenters. The van der Waals surface area contributed by atoms with Gasteiger partial charge in [-0.1, -0.05) is 17.7 Å². The number of carbonyl (C=O) groups is 1. The Bertz CT molecular complexity index is 855. The molecule has 3 aliphatic rings. The van der Waals surface area contributed by atoms with E-state index in [0.717, 1.165) is 45.6 Å². The van der Waals surface area contributed by atoms with Crippen LogP contribution < -0.4 is 4.90 Å². The minimum atomic E-state index is -3.18. The predicted molar refractivity (Wildman–Crippen MR) is 117 cm³/mol. The van der Waals surface area contributed by atoms with Crippen molar-refractivity contribution >= 4 is 21.7 Å². The number of benzene rings is 1. The van der Waals surface area contributed by atoms with Crippen LogP contribution in [0.2, 0.25) is 0 Å². The van der Waals surface area contributed by atoms with Crippen molar-refractivity contribution in [2.24, 2.45) is 5.41 Å². The fourth-order valence-electron chi connectivity index (χ4n) is 4.96. The van der Waals surface area contributed by atoms with Crippen molar-refractivity contribution in [2.75, 3.05) is 57.0 Å². The van der Waals surface area contributed by atoms with Crippen LogP contribution in [0.1, 0.15) is 31.2 Å². The van der Waals surface area contributed by atoms with Crippen LogP contribution in [0.25, 0.3) is 0 Å². The Balaban J connectivity index is 1.23. The molecule has 0 N–H and O–H groups in total. The lowest BCUT2D eigenvalue weighted by atomic mass is 9.76. The van der Waals surface area contributed by atoms with E-state index in [0.29, 0.717) is 25.9 Å². The summed E-state index contributed by atoms with van der Waals surface area (Å²) in [5.74, 6) is -0.121. The van der Waals surface area contributed by atoms with Crippen molar-refractivity contribution in [3.05, 3.63) is 29.8 Å². The molecule has 30 heavy (non-hydrogen) atoms. The highest BCUT2D eigenvalue weighted by Gasteiger charge is 2.51. The highest BCUT2D eigenvalue weighted by Crippen LogP contribution is 2.44. The largest absolute Gasteiger partial charge is 0.462 e. The van der Waals surface area contributed by atoms with Crippen molar-refractivity contribution < 1.29 is 17.9 Å². The summed E-state index contributed by atoms with van der Waals surface area (Å²) in [7, 11) is -3.18. The number of piperidine rings is 1. The molecule has 1 unspecified atom stereocenters. The average molecular weight is 436 g/mol. The van der Waals surface area contributed by atoms with Crippen LogP contribution in [0.3, 0.4) is 0 Å². The molecule has 1 spiro atoms. The van der Waals surface area contributed by atoms with Gasteiger partial charge in [0.15, 0.2) is 0 Å². The number of hydrogen-bond acceptors (Lipinski definition) is 6. The van der Waals surface area contributed by atoms with Crippen LogP contribution in [-0.4, -0.2) is 81.8 Å². The van der Waals surface area contributed by atoms with Gasteiger partial charge in [-0.2, -0.15) is 0 Å². The number of anilines is 1. The molecule has 0 aliphatic carbocycles. The maximum Gasteiger partial charge on any atom is 0.312 e. The van der Waals surface area contributed by atoms with E-state index < -0.39 is 15.4 Å². The molecule has 0 saturated carbocycles. The van der Waals surface area contributed by atoms with Gasteiger partial charge in [0.05, 0.1) is 11.7 Å². The first-order valence-corrected chi connectivity index (χ1v) is 12.8. The summed E-state index contributed by atoms with van der Waals surface area (Å²) >= 11 is 0. The maximum atomic E-state index is 12.6. The summed E-state index contributed by atoms with van der Waals surface area (Å²) in [6.45, 7) is 7.94. The van der Waals surface area contributed by atoms with Crippen molar-refractivity contribution in [2.45, 2.75) is 38.7 Å². The number of sulfonamides is 1. The topological polar surface area (TPSA) is 70.2 Å². The average Bonchev–Trinajstić information content (AvgIpc) is 3.02. The SMILES string of the molecule is Cc1ccc(N2CCN(CCC3CC4(CCN(S(C)(=O)=O)CC4)C(=O)O3)CC2)cc1. The van der Waals surface area contributed by atoms with E-state index in [1.807, 2.05) is 0 Å². The summed E-state index contributed by atoms with van der Waals surface area (Å²) < 4.78 is 30.7. The summed E-state index contributed by atoms with van der Waals surface area (Å²) in [6, 6.07) is 8.70. The second-order valence-electron chi connectivity index (χ2n) is 9.13. The molecule has 8 heteroatoms. The van der Waals surface area contributed by atoms with Gasteiger partial charge in [-0.05, 0) is 38.3 Å². The molecule has 1 aromatic rings. The second kappa shape index (κ2) is 8.48. The minimum Gasteiger partial charge on any atom is -0.462 e. The molecule has 3 aliphatic heterocycles. The Labute approximate surface area is 180 Å². The molecule has 3 heterocycles. The molecule has 0 amide bonds. The molecule has 0 radical (unpaired) electrons. The number of esters is 1. The van der Waals surface area contributed by atoms with Crippen molar-refractivity contribution in [1.29, 1.82) is 0 Å². The fraction of sp³-hybridized carbons (Fsp3) is 0.682. The maximum absolute atomic E-state index is 12.6. The van der Waals surface area contributed by atoms with Gasteiger partial charge in [-0.15, -0.1) is 0 Å². The number of ether oxygens (including phenoxy) is 1. The normalized spacial score (nSPS) is 25.6. The minimum absolute atomic E-state index is 0.0441. The van der Waals surface area contributed by atoms with E-state index in [-0.39, 0.29) is 12.1 Å². The number of rotatable bonds is 5.